The molecule has 2 heterocycles. The summed E-state index contributed by atoms with van der Waals surface area (Å²) in [7, 11) is 4.69. The Morgan fingerprint density at radius 3 is 2.26 bits per heavy atom. The number of aromatic nitrogens is 2. The van der Waals surface area contributed by atoms with Crippen molar-refractivity contribution in [2.24, 2.45) is 0 Å². The van der Waals surface area contributed by atoms with Gasteiger partial charge >= 0.3 is 0 Å². The summed E-state index contributed by atoms with van der Waals surface area (Å²) >= 11 is 2.87. The molecule has 42 heavy (non-hydrogen) atoms. The topological polar surface area (TPSA) is 121 Å². The van der Waals surface area contributed by atoms with Crippen LogP contribution in [-0.4, -0.2) is 37.2 Å². The monoisotopic (exact) mass is 601 g/mol. The number of thiazole rings is 2. The number of nitrogen functional groups attached to an aromatic ring is 1. The van der Waals surface area contributed by atoms with Gasteiger partial charge < -0.3 is 30.6 Å². The number of amides is 1. The van der Waals surface area contributed by atoms with Crippen molar-refractivity contribution in [1.29, 1.82) is 0 Å². The second-order valence-electron chi connectivity index (χ2n) is 9.62. The molecular weight excluding hydrogens is 571 g/mol. The Morgan fingerprint density at radius 2 is 1.62 bits per heavy atom. The maximum absolute atomic E-state index is 12.8. The molecule has 0 atom stereocenters. The molecule has 0 bridgehead atoms. The van der Waals surface area contributed by atoms with Crippen molar-refractivity contribution >= 4 is 50.9 Å². The third-order valence-electron chi connectivity index (χ3n) is 6.52. The Morgan fingerprint density at radius 1 is 0.905 bits per heavy atom. The summed E-state index contributed by atoms with van der Waals surface area (Å²) < 4.78 is 16.3. The quantitative estimate of drug-likeness (QED) is 0.149. The summed E-state index contributed by atoms with van der Waals surface area (Å²) in [5.74, 6) is 2.18. The molecule has 3 aromatic carbocycles. The lowest BCUT2D eigenvalue weighted by Gasteiger charge is -2.14. The summed E-state index contributed by atoms with van der Waals surface area (Å²) in [6.07, 6.45) is 0. The van der Waals surface area contributed by atoms with Crippen LogP contribution in [0.4, 0.5) is 22.3 Å². The van der Waals surface area contributed by atoms with E-state index < -0.39 is 0 Å². The SMILES string of the molecule is COc1cc(Nc2nc(N)c(-c3nc(-c4cccc(NC(=O)c5ccc(C(C)C)cc5)c4)cs3)s2)cc(OC)c1OC. The molecule has 0 unspecified atom stereocenters. The van der Waals surface area contributed by atoms with Crippen molar-refractivity contribution < 1.29 is 19.0 Å². The average molecular weight is 602 g/mol. The first kappa shape index (κ1) is 28.9. The minimum absolute atomic E-state index is 0.161. The van der Waals surface area contributed by atoms with Crippen molar-refractivity contribution in [1.82, 2.24) is 9.97 Å². The Hall–Kier alpha value is -4.61. The van der Waals surface area contributed by atoms with E-state index in [0.29, 0.717) is 51.1 Å². The average Bonchev–Trinajstić information content (AvgIpc) is 3.63. The number of ether oxygens (including phenoxy) is 3. The molecule has 216 valence electrons. The number of rotatable bonds is 10. The number of carbonyl (C=O) groups is 1. The summed E-state index contributed by atoms with van der Waals surface area (Å²) in [5, 5.41) is 9.57. The molecule has 0 aliphatic carbocycles. The van der Waals surface area contributed by atoms with Crippen molar-refractivity contribution in [3.63, 3.8) is 0 Å². The molecule has 5 aromatic rings. The molecule has 4 N–H and O–H groups in total. The van der Waals surface area contributed by atoms with E-state index in [4.69, 9.17) is 24.9 Å². The van der Waals surface area contributed by atoms with Crippen LogP contribution in [0.5, 0.6) is 17.2 Å². The molecule has 9 nitrogen and oxygen atoms in total. The highest BCUT2D eigenvalue weighted by Gasteiger charge is 2.18. The van der Waals surface area contributed by atoms with Crippen LogP contribution in [0.2, 0.25) is 0 Å². The fourth-order valence-corrected chi connectivity index (χ4v) is 6.14. The van der Waals surface area contributed by atoms with E-state index in [1.807, 2.05) is 53.9 Å². The molecule has 0 saturated heterocycles. The van der Waals surface area contributed by atoms with Crippen molar-refractivity contribution in [2.75, 3.05) is 37.7 Å². The number of carbonyl (C=O) groups excluding carboxylic acids is 1. The van der Waals surface area contributed by atoms with E-state index in [1.165, 1.54) is 28.2 Å². The van der Waals surface area contributed by atoms with Gasteiger partial charge in [0, 0.05) is 40.0 Å². The smallest absolute Gasteiger partial charge is 0.255 e. The predicted molar refractivity (Wildman–Crippen MR) is 171 cm³/mol. The molecule has 0 radical (unpaired) electrons. The molecule has 11 heteroatoms. The third-order valence-corrected chi connectivity index (χ3v) is 8.51. The largest absolute Gasteiger partial charge is 0.493 e. The normalized spacial score (nSPS) is 10.9. The van der Waals surface area contributed by atoms with Gasteiger partial charge in [-0.1, -0.05) is 49.4 Å². The van der Waals surface area contributed by atoms with Gasteiger partial charge in [0.15, 0.2) is 16.6 Å². The van der Waals surface area contributed by atoms with Crippen LogP contribution in [0.15, 0.2) is 66.0 Å². The van der Waals surface area contributed by atoms with Gasteiger partial charge in [-0.25, -0.2) is 9.97 Å². The number of nitrogens with zero attached hydrogens (tertiary/aromatic N) is 2. The van der Waals surface area contributed by atoms with Crippen LogP contribution >= 0.6 is 22.7 Å². The predicted octanol–water partition coefficient (Wildman–Crippen LogP) is 7.66. The minimum atomic E-state index is -0.161. The number of anilines is 4. The van der Waals surface area contributed by atoms with Crippen LogP contribution in [0.3, 0.4) is 0 Å². The Labute approximate surface area is 252 Å². The van der Waals surface area contributed by atoms with Gasteiger partial charge in [0.25, 0.3) is 5.91 Å². The Balaban J connectivity index is 1.32. The van der Waals surface area contributed by atoms with E-state index >= 15 is 0 Å². The summed E-state index contributed by atoms with van der Waals surface area (Å²) in [5.41, 5.74) is 11.2. The molecule has 0 spiro atoms. The fourth-order valence-electron chi connectivity index (χ4n) is 4.30. The van der Waals surface area contributed by atoms with Gasteiger partial charge in [-0.15, -0.1) is 11.3 Å². The van der Waals surface area contributed by atoms with Crippen molar-refractivity contribution in [3.05, 3.63) is 77.2 Å². The van der Waals surface area contributed by atoms with Crippen LogP contribution in [0.1, 0.15) is 35.7 Å². The minimum Gasteiger partial charge on any atom is -0.493 e. The second-order valence-corrected chi connectivity index (χ2v) is 11.5. The fraction of sp³-hybridized carbons (Fsp3) is 0.194. The van der Waals surface area contributed by atoms with Crippen LogP contribution in [0.25, 0.3) is 21.1 Å². The standard InChI is InChI=1S/C31H31N5O4S2/c1-17(2)18-9-11-19(12-10-18)29(37)33-21-8-6-7-20(13-21)23-16-41-30(35-23)27-28(32)36-31(42-27)34-22-14-24(38-3)26(40-5)25(15-22)39-4/h6-17H,32H2,1-5H3,(H,33,37)(H,34,36). The first-order chi connectivity index (χ1) is 20.3. The van der Waals surface area contributed by atoms with E-state index in [-0.39, 0.29) is 5.91 Å². The highest BCUT2D eigenvalue weighted by molar-refractivity contribution is 7.23. The van der Waals surface area contributed by atoms with Gasteiger partial charge in [0.2, 0.25) is 5.75 Å². The molecule has 0 aliphatic heterocycles. The van der Waals surface area contributed by atoms with Crippen LogP contribution in [-0.2, 0) is 0 Å². The maximum atomic E-state index is 12.8. The number of methoxy groups -OCH3 is 3. The highest BCUT2D eigenvalue weighted by Crippen LogP contribution is 2.43. The van der Waals surface area contributed by atoms with Gasteiger partial charge in [-0.3, -0.25) is 4.79 Å². The molecule has 0 fully saturated rings. The summed E-state index contributed by atoms with van der Waals surface area (Å²) in [6.45, 7) is 4.25. The lowest BCUT2D eigenvalue weighted by molar-refractivity contribution is 0.102. The lowest BCUT2D eigenvalue weighted by atomic mass is 10.0. The van der Waals surface area contributed by atoms with E-state index in [0.717, 1.165) is 21.1 Å². The van der Waals surface area contributed by atoms with E-state index in [9.17, 15) is 4.79 Å². The molecule has 1 amide bonds. The van der Waals surface area contributed by atoms with Crippen molar-refractivity contribution in [2.45, 2.75) is 19.8 Å². The number of hydrogen-bond donors (Lipinski definition) is 3. The summed E-state index contributed by atoms with van der Waals surface area (Å²) in [4.78, 5) is 22.9. The number of hydrogen-bond acceptors (Lipinski definition) is 10. The van der Waals surface area contributed by atoms with Crippen molar-refractivity contribution in [3.8, 4) is 38.4 Å². The third kappa shape index (κ3) is 6.17. The second kappa shape index (κ2) is 12.5. The van der Waals surface area contributed by atoms with Gasteiger partial charge in [0.05, 0.1) is 27.0 Å². The number of nitrogens with one attached hydrogen (secondary N) is 2. The van der Waals surface area contributed by atoms with Crippen LogP contribution < -0.4 is 30.6 Å². The molecule has 0 saturated carbocycles. The first-order valence-electron chi connectivity index (χ1n) is 13.1. The zero-order valence-corrected chi connectivity index (χ0v) is 25.5. The van der Waals surface area contributed by atoms with Gasteiger partial charge in [-0.05, 0) is 35.7 Å². The van der Waals surface area contributed by atoms with Gasteiger partial charge in [0.1, 0.15) is 15.7 Å². The zero-order chi connectivity index (χ0) is 29.8. The van der Waals surface area contributed by atoms with Crippen LogP contribution in [0, 0.1) is 0 Å². The zero-order valence-electron chi connectivity index (χ0n) is 23.8. The Kier molecular flexibility index (Phi) is 8.60. The van der Waals surface area contributed by atoms with E-state index in [1.54, 1.807) is 33.5 Å². The molecule has 2 aromatic heterocycles. The number of benzene rings is 3. The van der Waals surface area contributed by atoms with E-state index in [2.05, 4.69) is 29.5 Å². The van der Waals surface area contributed by atoms with Gasteiger partial charge in [-0.2, -0.15) is 0 Å². The maximum Gasteiger partial charge on any atom is 0.255 e. The lowest BCUT2D eigenvalue weighted by Crippen LogP contribution is -2.11. The molecule has 5 rings (SSSR count). The number of nitrogens with two attached hydrogens (primary N) is 1. The summed E-state index contributed by atoms with van der Waals surface area (Å²) in [6, 6.07) is 18.9. The molecule has 0 aliphatic rings. The first-order valence-corrected chi connectivity index (χ1v) is 14.8. The highest BCUT2D eigenvalue weighted by atomic mass is 32.1. The molecular formula is C31H31N5O4S2. The Bertz CT molecular complexity index is 1690.